The normalized spacial score (nSPS) is 14.1. The first kappa shape index (κ1) is 23.7. The van der Waals surface area contributed by atoms with E-state index in [1.54, 1.807) is 29.3 Å². The molecule has 1 aliphatic rings. The standard InChI is InChI=1S/C22H20ClF3N6O2/c23-18-9-15(16-11-29-32(13-16)7-8-33)10-28-20(18)14-3-5-31(6-4-14)21(34)30-19-2-1-17(12-27-19)22(24,25)26/h1-3,9-13,33H,4-8H2,(H,27,30,34). The fourth-order valence-corrected chi connectivity index (χ4v) is 3.75. The minimum Gasteiger partial charge on any atom is -0.394 e. The monoisotopic (exact) mass is 492 g/mol. The van der Waals surface area contributed by atoms with Crippen molar-refractivity contribution in [2.75, 3.05) is 25.0 Å². The smallest absolute Gasteiger partial charge is 0.394 e. The summed E-state index contributed by atoms with van der Waals surface area (Å²) in [5.41, 5.74) is 2.25. The van der Waals surface area contributed by atoms with E-state index in [4.69, 9.17) is 16.7 Å². The number of nitrogens with zero attached hydrogens (tertiary/aromatic N) is 5. The van der Waals surface area contributed by atoms with E-state index in [0.29, 0.717) is 36.4 Å². The first-order chi connectivity index (χ1) is 16.2. The molecule has 0 atom stereocenters. The first-order valence-corrected chi connectivity index (χ1v) is 10.7. The number of alkyl halides is 3. The van der Waals surface area contributed by atoms with Crippen LogP contribution in [-0.2, 0) is 12.7 Å². The molecule has 12 heteroatoms. The Kier molecular flexibility index (Phi) is 6.85. The highest BCUT2D eigenvalue weighted by molar-refractivity contribution is 6.32. The zero-order valence-corrected chi connectivity index (χ0v) is 18.5. The zero-order valence-electron chi connectivity index (χ0n) is 17.8. The van der Waals surface area contributed by atoms with Crippen LogP contribution in [0.5, 0.6) is 0 Å². The molecule has 34 heavy (non-hydrogen) atoms. The zero-order chi connectivity index (χ0) is 24.3. The quantitative estimate of drug-likeness (QED) is 0.553. The van der Waals surface area contributed by atoms with Crippen molar-refractivity contribution in [1.29, 1.82) is 0 Å². The lowest BCUT2D eigenvalue weighted by atomic mass is 10.0. The molecule has 1 aliphatic heterocycles. The molecule has 0 saturated heterocycles. The van der Waals surface area contributed by atoms with Crippen LogP contribution in [-0.4, -0.2) is 55.5 Å². The number of urea groups is 1. The van der Waals surface area contributed by atoms with Gasteiger partial charge in [-0.3, -0.25) is 15.0 Å². The van der Waals surface area contributed by atoms with E-state index in [0.717, 1.165) is 28.8 Å². The van der Waals surface area contributed by atoms with E-state index in [1.165, 1.54) is 4.90 Å². The third kappa shape index (κ3) is 5.37. The van der Waals surface area contributed by atoms with Gasteiger partial charge in [0.2, 0.25) is 0 Å². The SMILES string of the molecule is O=C(Nc1ccc(C(F)(F)F)cn1)N1CC=C(c2ncc(-c3cnn(CCO)c3)cc2Cl)CC1. The molecule has 0 radical (unpaired) electrons. The summed E-state index contributed by atoms with van der Waals surface area (Å²) in [6.45, 7) is 1.05. The van der Waals surface area contributed by atoms with Crippen molar-refractivity contribution < 1.29 is 23.1 Å². The van der Waals surface area contributed by atoms with Gasteiger partial charge in [-0.05, 0) is 30.2 Å². The van der Waals surface area contributed by atoms with Crippen LogP contribution in [0.1, 0.15) is 17.7 Å². The van der Waals surface area contributed by atoms with Crippen LogP contribution in [0.4, 0.5) is 23.8 Å². The number of carbonyl (C=O) groups is 1. The number of carbonyl (C=O) groups excluding carboxylic acids is 1. The molecule has 0 unspecified atom stereocenters. The fraction of sp³-hybridized carbons (Fsp3) is 0.273. The maximum absolute atomic E-state index is 12.6. The first-order valence-electron chi connectivity index (χ1n) is 10.3. The molecule has 0 aliphatic carbocycles. The maximum Gasteiger partial charge on any atom is 0.417 e. The van der Waals surface area contributed by atoms with Crippen LogP contribution in [0.15, 0.2) is 49.1 Å². The van der Waals surface area contributed by atoms with Gasteiger partial charge in [0.25, 0.3) is 0 Å². The number of rotatable bonds is 5. The summed E-state index contributed by atoms with van der Waals surface area (Å²) in [7, 11) is 0. The van der Waals surface area contributed by atoms with Crippen molar-refractivity contribution in [2.24, 2.45) is 0 Å². The van der Waals surface area contributed by atoms with Crippen molar-refractivity contribution in [2.45, 2.75) is 19.1 Å². The third-order valence-corrected chi connectivity index (χ3v) is 5.55. The topological polar surface area (TPSA) is 96.2 Å². The maximum atomic E-state index is 12.6. The number of nitrogens with one attached hydrogen (secondary N) is 1. The van der Waals surface area contributed by atoms with Gasteiger partial charge in [0.05, 0.1) is 35.6 Å². The van der Waals surface area contributed by atoms with Crippen molar-refractivity contribution in [3.05, 3.63) is 65.3 Å². The molecule has 0 fully saturated rings. The van der Waals surface area contributed by atoms with Gasteiger partial charge >= 0.3 is 12.2 Å². The Morgan fingerprint density at radius 3 is 2.62 bits per heavy atom. The highest BCUT2D eigenvalue weighted by Crippen LogP contribution is 2.31. The van der Waals surface area contributed by atoms with Crippen molar-refractivity contribution in [3.8, 4) is 11.1 Å². The Labute approximate surface area is 197 Å². The summed E-state index contributed by atoms with van der Waals surface area (Å²) in [5.74, 6) is 0.0374. The van der Waals surface area contributed by atoms with Gasteiger partial charge in [-0.2, -0.15) is 18.3 Å². The second-order valence-corrected chi connectivity index (χ2v) is 7.96. The molecule has 4 heterocycles. The molecule has 0 bridgehead atoms. The molecule has 3 aromatic heterocycles. The lowest BCUT2D eigenvalue weighted by molar-refractivity contribution is -0.137. The number of aliphatic hydroxyl groups excluding tert-OH is 1. The van der Waals surface area contributed by atoms with E-state index in [2.05, 4.69) is 20.4 Å². The van der Waals surface area contributed by atoms with E-state index in [-0.39, 0.29) is 19.0 Å². The van der Waals surface area contributed by atoms with Crippen LogP contribution in [0.25, 0.3) is 16.7 Å². The van der Waals surface area contributed by atoms with Crippen LogP contribution in [0.3, 0.4) is 0 Å². The average Bonchev–Trinajstić information content (AvgIpc) is 3.28. The molecule has 2 amide bonds. The summed E-state index contributed by atoms with van der Waals surface area (Å²) >= 11 is 6.48. The van der Waals surface area contributed by atoms with Crippen molar-refractivity contribution in [1.82, 2.24) is 24.6 Å². The van der Waals surface area contributed by atoms with Gasteiger partial charge in [0.1, 0.15) is 5.82 Å². The number of aliphatic hydroxyl groups is 1. The van der Waals surface area contributed by atoms with Gasteiger partial charge in [0, 0.05) is 42.8 Å². The Morgan fingerprint density at radius 1 is 1.18 bits per heavy atom. The van der Waals surface area contributed by atoms with Gasteiger partial charge in [-0.1, -0.05) is 17.7 Å². The average molecular weight is 493 g/mol. The number of aromatic nitrogens is 4. The van der Waals surface area contributed by atoms with Gasteiger partial charge < -0.3 is 10.0 Å². The summed E-state index contributed by atoms with van der Waals surface area (Å²) < 4.78 is 39.6. The van der Waals surface area contributed by atoms with Crippen LogP contribution in [0.2, 0.25) is 5.02 Å². The Hall–Kier alpha value is -3.44. The van der Waals surface area contributed by atoms with E-state index in [9.17, 15) is 18.0 Å². The van der Waals surface area contributed by atoms with Gasteiger partial charge in [-0.15, -0.1) is 0 Å². The molecule has 178 valence electrons. The minimum atomic E-state index is -4.49. The lowest BCUT2D eigenvalue weighted by Crippen LogP contribution is -2.38. The predicted octanol–water partition coefficient (Wildman–Crippen LogP) is 4.33. The summed E-state index contributed by atoms with van der Waals surface area (Å²) in [5, 5.41) is 16.2. The Bertz CT molecular complexity index is 1210. The number of amides is 2. The summed E-state index contributed by atoms with van der Waals surface area (Å²) in [4.78, 5) is 22.1. The Morgan fingerprint density at radius 2 is 2.00 bits per heavy atom. The predicted molar refractivity (Wildman–Crippen MR) is 120 cm³/mol. The second kappa shape index (κ2) is 9.82. The molecular formula is C22H20ClF3N6O2. The summed E-state index contributed by atoms with van der Waals surface area (Å²) in [6, 6.07) is 3.31. The van der Waals surface area contributed by atoms with E-state index >= 15 is 0 Å². The van der Waals surface area contributed by atoms with Crippen molar-refractivity contribution in [3.63, 3.8) is 0 Å². The molecule has 0 aromatic carbocycles. The van der Waals surface area contributed by atoms with Crippen LogP contribution < -0.4 is 5.32 Å². The molecular weight excluding hydrogens is 473 g/mol. The summed E-state index contributed by atoms with van der Waals surface area (Å²) in [6.07, 6.45) is 3.70. The highest BCUT2D eigenvalue weighted by Gasteiger charge is 2.30. The number of halogens is 4. The molecule has 2 N–H and O–H groups in total. The second-order valence-electron chi connectivity index (χ2n) is 7.56. The largest absolute Gasteiger partial charge is 0.417 e. The van der Waals surface area contributed by atoms with Crippen LogP contribution in [0, 0.1) is 0 Å². The van der Waals surface area contributed by atoms with Gasteiger partial charge in [0.15, 0.2) is 0 Å². The molecule has 0 spiro atoms. The van der Waals surface area contributed by atoms with Crippen LogP contribution >= 0.6 is 11.6 Å². The van der Waals surface area contributed by atoms with E-state index in [1.807, 2.05) is 6.08 Å². The number of hydrogen-bond donors (Lipinski definition) is 2. The molecule has 4 rings (SSSR count). The molecule has 0 saturated carbocycles. The van der Waals surface area contributed by atoms with Crippen molar-refractivity contribution >= 4 is 29.0 Å². The fourth-order valence-electron chi connectivity index (χ4n) is 3.46. The van der Waals surface area contributed by atoms with Gasteiger partial charge in [-0.25, -0.2) is 9.78 Å². The van der Waals surface area contributed by atoms with E-state index < -0.39 is 17.8 Å². The number of anilines is 1. The minimum absolute atomic E-state index is 0.0108. The highest BCUT2D eigenvalue weighted by atomic mass is 35.5. The molecule has 8 nitrogen and oxygen atoms in total. The lowest BCUT2D eigenvalue weighted by Gasteiger charge is -2.26. The molecule has 3 aromatic rings. The third-order valence-electron chi connectivity index (χ3n) is 5.26. The number of pyridine rings is 2. The Balaban J connectivity index is 1.39. The number of hydrogen-bond acceptors (Lipinski definition) is 5.